The second kappa shape index (κ2) is 15.9. The van der Waals surface area contributed by atoms with E-state index in [1.54, 1.807) is 13.8 Å². The van der Waals surface area contributed by atoms with Crippen LogP contribution in [0.5, 0.6) is 0 Å². The maximum absolute atomic E-state index is 14.4. The summed E-state index contributed by atoms with van der Waals surface area (Å²) in [5.41, 5.74) is -1.51. The fourth-order valence-electron chi connectivity index (χ4n) is 6.56. The lowest BCUT2D eigenvalue weighted by molar-refractivity contribution is -0.145. The van der Waals surface area contributed by atoms with Crippen LogP contribution in [0.4, 0.5) is 4.79 Å². The lowest BCUT2D eigenvalue weighted by Gasteiger charge is -2.39. The van der Waals surface area contributed by atoms with E-state index in [0.29, 0.717) is 13.0 Å². The normalized spacial score (nSPS) is 22.1. The molecule has 2 aliphatic rings. The third kappa shape index (κ3) is 10.0. The Balaban J connectivity index is 2.35. The maximum Gasteiger partial charge on any atom is 0.315 e. The van der Waals surface area contributed by atoms with Crippen LogP contribution in [0.1, 0.15) is 95.4 Å². The third-order valence-corrected chi connectivity index (χ3v) is 12.3. The number of rotatable bonds is 16. The standard InChI is InChI=1S/C35H62N6O7S/c1-14-16-17-23(27(42)30(44)36-18-15-2)37-29(43)26-25-22(35(25,11)12)19-41(26)31(45)28(34(8,9)10)39-32(46)38-24(33(5,6)7)20-40(13)49(47,48)21(3)4/h15,21-26,28H,2,14,16-20H2,1,3-13H3,(H,36,44)(H,37,43)(H2,38,39,46)/t22-,23?,24+,25-,26-,28+/m0/s1. The highest BCUT2D eigenvalue weighted by Gasteiger charge is 2.70. The van der Waals surface area contributed by atoms with Gasteiger partial charge in [0, 0.05) is 32.7 Å². The summed E-state index contributed by atoms with van der Waals surface area (Å²) < 4.78 is 26.8. The first kappa shape index (κ1) is 42.2. The van der Waals surface area contributed by atoms with Gasteiger partial charge in [-0.15, -0.1) is 6.58 Å². The van der Waals surface area contributed by atoms with E-state index in [1.165, 1.54) is 22.3 Å². The molecule has 6 atom stereocenters. The van der Waals surface area contributed by atoms with Crippen molar-refractivity contribution in [1.82, 2.24) is 30.5 Å². The molecule has 2 fully saturated rings. The summed E-state index contributed by atoms with van der Waals surface area (Å²) in [6, 6.07) is -4.22. The van der Waals surface area contributed by atoms with Gasteiger partial charge in [0.15, 0.2) is 0 Å². The number of nitrogens with one attached hydrogen (secondary N) is 4. The number of sulfonamides is 1. The topological polar surface area (TPSA) is 174 Å². The number of carbonyl (C=O) groups excluding carboxylic acids is 5. The quantitative estimate of drug-likeness (QED) is 0.141. The molecule has 1 aliphatic heterocycles. The molecule has 4 N–H and O–H groups in total. The van der Waals surface area contributed by atoms with Crippen LogP contribution in [0, 0.1) is 28.1 Å². The number of hydrogen-bond acceptors (Lipinski definition) is 7. The number of likely N-dealkylation sites (tertiary alicyclic amines) is 1. The lowest BCUT2D eigenvalue weighted by Crippen LogP contribution is -2.62. The van der Waals surface area contributed by atoms with Crippen molar-refractivity contribution < 1.29 is 32.4 Å². The van der Waals surface area contributed by atoms with Gasteiger partial charge in [0.05, 0.1) is 11.3 Å². The van der Waals surface area contributed by atoms with Crippen LogP contribution < -0.4 is 21.3 Å². The molecule has 5 amide bonds. The molecule has 1 aliphatic carbocycles. The second-order valence-electron chi connectivity index (χ2n) is 16.7. The van der Waals surface area contributed by atoms with Crippen LogP contribution in [0.3, 0.4) is 0 Å². The van der Waals surface area contributed by atoms with E-state index in [0.717, 1.165) is 6.42 Å². The summed E-state index contributed by atoms with van der Waals surface area (Å²) in [5, 5.41) is 10.4. The molecule has 13 nitrogen and oxygen atoms in total. The minimum Gasteiger partial charge on any atom is -0.346 e. The Hall–Kier alpha value is -3.00. The van der Waals surface area contributed by atoms with Gasteiger partial charge in [-0.3, -0.25) is 19.2 Å². The highest BCUT2D eigenvalue weighted by molar-refractivity contribution is 7.89. The summed E-state index contributed by atoms with van der Waals surface area (Å²) in [5.74, 6) is -2.61. The zero-order valence-corrected chi connectivity index (χ0v) is 32.5. The van der Waals surface area contributed by atoms with Crippen LogP contribution >= 0.6 is 0 Å². The summed E-state index contributed by atoms with van der Waals surface area (Å²) in [6.07, 6.45) is 3.09. The van der Waals surface area contributed by atoms with Gasteiger partial charge in [-0.2, -0.15) is 0 Å². The smallest absolute Gasteiger partial charge is 0.315 e. The van der Waals surface area contributed by atoms with Gasteiger partial charge in [0.2, 0.25) is 27.6 Å². The molecule has 1 heterocycles. The fourth-order valence-corrected chi connectivity index (χ4v) is 7.64. The molecule has 1 saturated heterocycles. The summed E-state index contributed by atoms with van der Waals surface area (Å²) >= 11 is 0. The summed E-state index contributed by atoms with van der Waals surface area (Å²) in [6.45, 7) is 24.4. The first-order chi connectivity index (χ1) is 22.3. The van der Waals surface area contributed by atoms with Crippen molar-refractivity contribution in [2.45, 2.75) is 125 Å². The number of fused-ring (bicyclic) bond motifs is 1. The third-order valence-electron chi connectivity index (χ3n) is 10.1. The fraction of sp³-hybridized carbons (Fsp3) is 0.800. The average molecular weight is 711 g/mol. The predicted octanol–water partition coefficient (Wildman–Crippen LogP) is 2.81. The predicted molar refractivity (Wildman–Crippen MR) is 191 cm³/mol. The molecule has 1 unspecified atom stereocenters. The van der Waals surface area contributed by atoms with Crippen molar-refractivity contribution in [3.8, 4) is 0 Å². The van der Waals surface area contributed by atoms with Crippen LogP contribution in [0.15, 0.2) is 12.7 Å². The van der Waals surface area contributed by atoms with E-state index >= 15 is 0 Å². The molecule has 0 aromatic heterocycles. The number of Topliss-reactive ketones (excluding diaryl/α,β-unsaturated/α-hetero) is 1. The van der Waals surface area contributed by atoms with Crippen LogP contribution in [0.2, 0.25) is 0 Å². The van der Waals surface area contributed by atoms with Gasteiger partial charge >= 0.3 is 6.03 Å². The van der Waals surface area contributed by atoms with E-state index in [9.17, 15) is 32.4 Å². The second-order valence-corrected chi connectivity index (χ2v) is 19.3. The van der Waals surface area contributed by atoms with Crippen molar-refractivity contribution in [2.24, 2.45) is 28.1 Å². The van der Waals surface area contributed by atoms with Crippen molar-refractivity contribution in [2.75, 3.05) is 26.7 Å². The zero-order chi connectivity index (χ0) is 37.9. The Morgan fingerprint density at radius 2 is 1.59 bits per heavy atom. The maximum atomic E-state index is 14.4. The number of likely N-dealkylation sites (N-methyl/N-ethyl adjacent to an activating group) is 1. The summed E-state index contributed by atoms with van der Waals surface area (Å²) in [4.78, 5) is 69.1. The molecular weight excluding hydrogens is 648 g/mol. The monoisotopic (exact) mass is 710 g/mol. The van der Waals surface area contributed by atoms with Crippen molar-refractivity contribution >= 4 is 39.6 Å². The van der Waals surface area contributed by atoms with Crippen molar-refractivity contribution in [3.63, 3.8) is 0 Å². The molecule has 280 valence electrons. The number of nitrogens with zero attached hydrogens (tertiary/aromatic N) is 2. The highest BCUT2D eigenvalue weighted by Crippen LogP contribution is 2.65. The first-order valence-electron chi connectivity index (χ1n) is 17.4. The molecule has 0 radical (unpaired) electrons. The number of piperidine rings is 1. The lowest BCUT2D eigenvalue weighted by atomic mass is 9.85. The van der Waals surface area contributed by atoms with Crippen LogP contribution in [-0.2, 0) is 29.2 Å². The van der Waals surface area contributed by atoms with Gasteiger partial charge < -0.3 is 26.2 Å². The van der Waals surface area contributed by atoms with Gasteiger partial charge in [-0.1, -0.05) is 81.2 Å². The van der Waals surface area contributed by atoms with E-state index in [4.69, 9.17) is 0 Å². The molecule has 0 spiro atoms. The van der Waals surface area contributed by atoms with Gasteiger partial charge in [0.1, 0.15) is 12.1 Å². The van der Waals surface area contributed by atoms with Gasteiger partial charge in [-0.05, 0) is 48.3 Å². The van der Waals surface area contributed by atoms with E-state index in [1.807, 2.05) is 62.3 Å². The summed E-state index contributed by atoms with van der Waals surface area (Å²) in [7, 11) is -2.10. The Kier molecular flexibility index (Phi) is 13.7. The number of urea groups is 1. The number of carbonyl (C=O) groups is 5. The molecular formula is C35H62N6O7S. The Morgan fingerprint density at radius 1 is 1.00 bits per heavy atom. The van der Waals surface area contributed by atoms with Crippen LogP contribution in [-0.4, -0.2) is 103 Å². The van der Waals surface area contributed by atoms with Gasteiger partial charge in [0.25, 0.3) is 5.91 Å². The minimum atomic E-state index is -3.58. The van der Waals surface area contributed by atoms with Gasteiger partial charge in [-0.25, -0.2) is 17.5 Å². The largest absolute Gasteiger partial charge is 0.346 e. The molecule has 49 heavy (non-hydrogen) atoms. The molecule has 0 bridgehead atoms. The highest BCUT2D eigenvalue weighted by atomic mass is 32.2. The minimum absolute atomic E-state index is 0.0297. The van der Waals surface area contributed by atoms with Crippen LogP contribution in [0.25, 0.3) is 0 Å². The zero-order valence-electron chi connectivity index (χ0n) is 31.7. The molecule has 1 saturated carbocycles. The molecule has 0 aromatic rings. The Labute approximate surface area is 294 Å². The SMILES string of the molecule is C=CCNC(=O)C(=O)C(CCCC)NC(=O)[C@@H]1[C@@H]2[C@H](CN1C(=O)[C@@H](NC(=O)N[C@H](CN(C)S(=O)(=O)C(C)C)C(C)(C)C)C(C)(C)C)C2(C)C. The number of amides is 5. The average Bonchev–Trinajstić information content (AvgIpc) is 3.29. The number of unbranched alkanes of at least 4 members (excludes halogenated alkanes) is 1. The number of ketones is 1. The molecule has 2 rings (SSSR count). The molecule has 0 aromatic carbocycles. The molecule has 14 heteroatoms. The Morgan fingerprint density at radius 3 is 2.08 bits per heavy atom. The van der Waals surface area contributed by atoms with E-state index in [-0.39, 0.29) is 36.8 Å². The van der Waals surface area contributed by atoms with Crippen molar-refractivity contribution in [1.29, 1.82) is 0 Å². The van der Waals surface area contributed by atoms with E-state index in [2.05, 4.69) is 27.8 Å². The number of hydrogen-bond donors (Lipinski definition) is 4. The van der Waals surface area contributed by atoms with Crippen molar-refractivity contribution in [3.05, 3.63) is 12.7 Å². The Bertz CT molecular complexity index is 1360. The first-order valence-corrected chi connectivity index (χ1v) is 18.9. The van der Waals surface area contributed by atoms with E-state index < -0.39 is 79.8 Å².